The largest absolute Gasteiger partial charge is 0.497 e. The van der Waals surface area contributed by atoms with Crippen molar-refractivity contribution in [1.82, 2.24) is 5.32 Å². The molecule has 116 valence electrons. The zero-order chi connectivity index (χ0) is 15.5. The van der Waals surface area contributed by atoms with Crippen LogP contribution >= 0.6 is 0 Å². The molecule has 1 amide bonds. The molecule has 0 radical (unpaired) electrons. The van der Waals surface area contributed by atoms with Crippen LogP contribution in [0.5, 0.6) is 5.75 Å². The normalized spacial score (nSPS) is 17.6. The van der Waals surface area contributed by atoms with Gasteiger partial charge in [0.05, 0.1) is 13.2 Å². The second kappa shape index (κ2) is 6.19. The highest BCUT2D eigenvalue weighted by molar-refractivity contribution is 5.96. The third-order valence-corrected chi connectivity index (χ3v) is 3.70. The summed E-state index contributed by atoms with van der Waals surface area (Å²) in [6.07, 6.45) is 1.95. The fourth-order valence-corrected chi connectivity index (χ4v) is 2.48. The predicted molar refractivity (Wildman–Crippen MR) is 80.3 cm³/mol. The van der Waals surface area contributed by atoms with E-state index in [-0.39, 0.29) is 11.7 Å². The number of carbonyl (C=O) groups excluding carboxylic acids is 1. The Kier molecular flexibility index (Phi) is 4.11. The number of hydrogen-bond acceptors (Lipinski definition) is 5. The lowest BCUT2D eigenvalue weighted by Gasteiger charge is -2.10. The van der Waals surface area contributed by atoms with Gasteiger partial charge in [-0.25, -0.2) is 4.79 Å². The molecule has 2 heterocycles. The van der Waals surface area contributed by atoms with E-state index in [1.165, 1.54) is 13.2 Å². The Hall–Kier alpha value is -2.34. The topological polar surface area (TPSA) is 77.8 Å². The molecule has 1 N–H and O–H groups in total. The highest BCUT2D eigenvalue weighted by Crippen LogP contribution is 2.20. The summed E-state index contributed by atoms with van der Waals surface area (Å²) in [7, 11) is 1.53. The third-order valence-electron chi connectivity index (χ3n) is 3.70. The number of benzene rings is 1. The van der Waals surface area contributed by atoms with Crippen LogP contribution < -0.4 is 15.7 Å². The van der Waals surface area contributed by atoms with Crippen LogP contribution in [0, 0.1) is 0 Å². The van der Waals surface area contributed by atoms with E-state index in [0.717, 1.165) is 19.4 Å². The van der Waals surface area contributed by atoms with Crippen LogP contribution in [-0.4, -0.2) is 32.3 Å². The van der Waals surface area contributed by atoms with Gasteiger partial charge in [0.2, 0.25) is 0 Å². The smallest absolute Gasteiger partial charge is 0.349 e. The Balaban J connectivity index is 1.81. The maximum absolute atomic E-state index is 12.1. The molecule has 1 aromatic carbocycles. The van der Waals surface area contributed by atoms with Gasteiger partial charge in [0.15, 0.2) is 0 Å². The third kappa shape index (κ3) is 2.96. The van der Waals surface area contributed by atoms with E-state index in [1.807, 2.05) is 0 Å². The van der Waals surface area contributed by atoms with Crippen LogP contribution in [0.15, 0.2) is 33.5 Å². The lowest BCUT2D eigenvalue weighted by Crippen LogP contribution is -2.34. The van der Waals surface area contributed by atoms with Crippen molar-refractivity contribution in [3.8, 4) is 5.75 Å². The van der Waals surface area contributed by atoms with Crippen LogP contribution in [0.25, 0.3) is 11.0 Å². The maximum Gasteiger partial charge on any atom is 0.349 e. The number of ether oxygens (including phenoxy) is 2. The van der Waals surface area contributed by atoms with E-state index >= 15 is 0 Å². The van der Waals surface area contributed by atoms with Gasteiger partial charge in [0.25, 0.3) is 5.91 Å². The molecular weight excluding hydrogens is 286 g/mol. The van der Waals surface area contributed by atoms with Gasteiger partial charge in [-0.3, -0.25) is 4.79 Å². The van der Waals surface area contributed by atoms with E-state index in [4.69, 9.17) is 13.9 Å². The Morgan fingerprint density at radius 1 is 1.41 bits per heavy atom. The molecule has 0 spiro atoms. The van der Waals surface area contributed by atoms with Gasteiger partial charge in [-0.2, -0.15) is 0 Å². The molecule has 0 bridgehead atoms. The number of methoxy groups -OCH3 is 1. The van der Waals surface area contributed by atoms with Gasteiger partial charge in [-0.05, 0) is 31.0 Å². The van der Waals surface area contributed by atoms with Gasteiger partial charge in [-0.1, -0.05) is 0 Å². The van der Waals surface area contributed by atoms with Crippen molar-refractivity contribution in [2.24, 2.45) is 0 Å². The molecule has 6 nitrogen and oxygen atoms in total. The molecular formula is C16H17NO5. The second-order valence-corrected chi connectivity index (χ2v) is 5.20. The molecule has 6 heteroatoms. The lowest BCUT2D eigenvalue weighted by atomic mass is 10.1. The molecule has 0 saturated carbocycles. The highest BCUT2D eigenvalue weighted by Gasteiger charge is 2.19. The molecule has 1 atom stereocenters. The van der Waals surface area contributed by atoms with Crippen molar-refractivity contribution in [2.45, 2.75) is 18.9 Å². The number of nitrogens with one attached hydrogen (secondary N) is 1. The number of carbonyl (C=O) groups is 1. The Morgan fingerprint density at radius 2 is 2.27 bits per heavy atom. The van der Waals surface area contributed by atoms with Crippen molar-refractivity contribution in [2.75, 3.05) is 20.3 Å². The van der Waals surface area contributed by atoms with Crippen LogP contribution in [0.1, 0.15) is 23.2 Å². The molecule has 22 heavy (non-hydrogen) atoms. The fraction of sp³-hybridized carbons (Fsp3) is 0.375. The molecule has 2 aromatic rings. The maximum atomic E-state index is 12.1. The van der Waals surface area contributed by atoms with Gasteiger partial charge in [-0.15, -0.1) is 0 Å². The van der Waals surface area contributed by atoms with E-state index in [1.54, 1.807) is 18.2 Å². The molecule has 0 aliphatic carbocycles. The molecule has 1 aliphatic heterocycles. The Morgan fingerprint density at radius 3 is 3.00 bits per heavy atom. The minimum absolute atomic E-state index is 0.00402. The number of rotatable bonds is 4. The van der Waals surface area contributed by atoms with Crippen molar-refractivity contribution in [3.63, 3.8) is 0 Å². The average Bonchev–Trinajstić information content (AvgIpc) is 3.04. The number of fused-ring (bicyclic) bond motifs is 1. The monoisotopic (exact) mass is 303 g/mol. The summed E-state index contributed by atoms with van der Waals surface area (Å²) in [6.45, 7) is 1.12. The molecule has 1 fully saturated rings. The highest BCUT2D eigenvalue weighted by atomic mass is 16.5. The summed E-state index contributed by atoms with van der Waals surface area (Å²) in [4.78, 5) is 24.1. The van der Waals surface area contributed by atoms with E-state index in [9.17, 15) is 9.59 Å². The van der Waals surface area contributed by atoms with Crippen molar-refractivity contribution >= 4 is 16.9 Å². The minimum Gasteiger partial charge on any atom is -0.497 e. The first-order valence-corrected chi connectivity index (χ1v) is 7.19. The molecule has 1 saturated heterocycles. The molecule has 3 rings (SSSR count). The summed E-state index contributed by atoms with van der Waals surface area (Å²) < 4.78 is 15.7. The lowest BCUT2D eigenvalue weighted by molar-refractivity contribution is 0.0855. The number of hydrogen-bond donors (Lipinski definition) is 1. The SMILES string of the molecule is COc1ccc2cc(C(=O)NC[C@H]3CCCO3)c(=O)oc2c1. The standard InChI is InChI=1S/C16H17NO5/c1-20-11-5-4-10-7-13(16(19)22-14(10)8-11)15(18)17-9-12-3-2-6-21-12/h4-5,7-8,12H,2-3,6,9H2,1H3,(H,17,18)/t12-/m1/s1. The summed E-state index contributed by atoms with van der Waals surface area (Å²) in [5.41, 5.74) is -0.277. The molecule has 0 unspecified atom stereocenters. The molecule has 1 aromatic heterocycles. The summed E-state index contributed by atoms with van der Waals surface area (Å²) in [5.74, 6) is 0.146. The summed E-state index contributed by atoms with van der Waals surface area (Å²) in [5, 5.41) is 3.39. The first-order valence-electron chi connectivity index (χ1n) is 7.19. The van der Waals surface area contributed by atoms with Crippen molar-refractivity contribution in [3.05, 3.63) is 40.2 Å². The first kappa shape index (κ1) is 14.6. The van der Waals surface area contributed by atoms with Crippen molar-refractivity contribution < 1.29 is 18.7 Å². The quantitative estimate of drug-likeness (QED) is 0.870. The minimum atomic E-state index is -0.661. The van der Waals surface area contributed by atoms with Crippen LogP contribution in [0.3, 0.4) is 0 Å². The first-order chi connectivity index (χ1) is 10.7. The molecule has 1 aliphatic rings. The number of amides is 1. The average molecular weight is 303 g/mol. The Labute approximate surface area is 127 Å². The second-order valence-electron chi connectivity index (χ2n) is 5.20. The van der Waals surface area contributed by atoms with Crippen LogP contribution in [-0.2, 0) is 4.74 Å². The van der Waals surface area contributed by atoms with E-state index in [2.05, 4.69) is 5.32 Å². The van der Waals surface area contributed by atoms with Gasteiger partial charge in [0, 0.05) is 24.6 Å². The van der Waals surface area contributed by atoms with E-state index < -0.39 is 11.5 Å². The van der Waals surface area contributed by atoms with Gasteiger partial charge < -0.3 is 19.2 Å². The van der Waals surface area contributed by atoms with E-state index in [0.29, 0.717) is 23.3 Å². The van der Waals surface area contributed by atoms with Gasteiger partial charge in [0.1, 0.15) is 16.9 Å². The summed E-state index contributed by atoms with van der Waals surface area (Å²) >= 11 is 0. The zero-order valence-corrected chi connectivity index (χ0v) is 12.3. The van der Waals surface area contributed by atoms with Gasteiger partial charge >= 0.3 is 5.63 Å². The van der Waals surface area contributed by atoms with Crippen LogP contribution in [0.4, 0.5) is 0 Å². The Bertz CT molecular complexity index is 746. The predicted octanol–water partition coefficient (Wildman–Crippen LogP) is 1.71. The van der Waals surface area contributed by atoms with Crippen molar-refractivity contribution in [1.29, 1.82) is 0 Å². The van der Waals surface area contributed by atoms with Crippen LogP contribution in [0.2, 0.25) is 0 Å². The fourth-order valence-electron chi connectivity index (χ4n) is 2.48. The zero-order valence-electron chi connectivity index (χ0n) is 12.3. The summed E-state index contributed by atoms with van der Waals surface area (Å²) in [6, 6.07) is 6.64.